The summed E-state index contributed by atoms with van der Waals surface area (Å²) in [6.07, 6.45) is 0. The van der Waals surface area contributed by atoms with Crippen LogP contribution in [0, 0.1) is 0 Å². The fourth-order valence-electron chi connectivity index (χ4n) is 0. The molecule has 8 nitrogen and oxygen atoms in total. The minimum atomic E-state index is -5.25. The molecule has 0 amide bonds. The monoisotopic (exact) mass is 260 g/mol. The van der Waals surface area contributed by atoms with Crippen molar-refractivity contribution in [3.05, 3.63) is 0 Å². The third-order valence-electron chi connectivity index (χ3n) is 0. The first-order chi connectivity index (χ1) is 4.00. The molecule has 0 bridgehead atoms. The Labute approximate surface area is 89.4 Å². The van der Waals surface area contributed by atoms with Crippen LogP contribution in [0.1, 0.15) is 1.43 Å². The molecule has 0 aliphatic carbocycles. The second kappa shape index (κ2) is 6.60. The summed E-state index contributed by atoms with van der Waals surface area (Å²) >= 11 is -10.5. The van der Waals surface area contributed by atoms with E-state index in [-0.39, 0.29) is 31.0 Å². The van der Waals surface area contributed by atoms with Crippen molar-refractivity contribution in [1.29, 1.82) is 0 Å². The van der Waals surface area contributed by atoms with Gasteiger partial charge in [0.1, 0.15) is 0 Å². The quantitative estimate of drug-likeness (QED) is 0.315. The zero-order valence-corrected chi connectivity index (χ0v) is 9.79. The van der Waals surface area contributed by atoms with Crippen LogP contribution in [0.25, 0.3) is 0 Å². The molecule has 11 heteroatoms. The van der Waals surface area contributed by atoms with E-state index in [1.165, 1.54) is 0 Å². The summed E-state index contributed by atoms with van der Waals surface area (Å²) in [6, 6.07) is 0. The summed E-state index contributed by atoms with van der Waals surface area (Å²) in [5.74, 6) is 0. The van der Waals surface area contributed by atoms with Gasteiger partial charge in [0.2, 0.25) is 0 Å². The molecule has 0 saturated heterocycles. The van der Waals surface area contributed by atoms with Crippen LogP contribution in [0.4, 0.5) is 0 Å². The summed E-state index contributed by atoms with van der Waals surface area (Å²) < 4.78 is 63.8. The summed E-state index contributed by atoms with van der Waals surface area (Å²) in [4.78, 5) is 0. The average Bonchev–Trinajstić information content (AvgIpc) is 1.12. The molecule has 0 saturated carbocycles. The standard InChI is InChI=1S/2Cr.Na.4H2O.4O.H/h;;;4*1H2;;;;;/q2*+2;+1;;;;;;;;;-1/p-4. The second-order valence-corrected chi connectivity index (χ2v) is 3.69. The first kappa shape index (κ1) is 18.0. The normalized spacial score (nSPS) is 10.5. The van der Waals surface area contributed by atoms with Gasteiger partial charge in [-0.15, -0.1) is 0 Å². The molecular weight excluding hydrogens is 255 g/mol. The van der Waals surface area contributed by atoms with Gasteiger partial charge in [-0.25, -0.2) is 0 Å². The van der Waals surface area contributed by atoms with E-state index in [1.54, 1.807) is 0 Å². The van der Waals surface area contributed by atoms with Crippen molar-refractivity contribution in [2.24, 2.45) is 0 Å². The van der Waals surface area contributed by atoms with Crippen molar-refractivity contribution >= 4 is 0 Å². The van der Waals surface area contributed by atoms with E-state index in [4.69, 9.17) is 31.8 Å². The molecule has 0 fully saturated rings. The summed E-state index contributed by atoms with van der Waals surface area (Å²) in [5.41, 5.74) is 0. The van der Waals surface area contributed by atoms with E-state index in [2.05, 4.69) is 0 Å². The Morgan fingerprint density at radius 2 is 0.727 bits per heavy atom. The predicted molar refractivity (Wildman–Crippen MR) is 12.7 cm³/mol. The van der Waals surface area contributed by atoms with E-state index in [0.717, 1.165) is 0 Å². The molecule has 0 unspecified atom stereocenters. The van der Waals surface area contributed by atoms with Crippen molar-refractivity contribution < 1.29 is 90.1 Å². The van der Waals surface area contributed by atoms with Gasteiger partial charge in [0, 0.05) is 0 Å². The Balaban J connectivity index is -0.0000000457. The molecule has 0 aromatic heterocycles. The zero-order chi connectivity index (χ0) is 9.00. The molecule has 0 aromatic carbocycles. The van der Waals surface area contributed by atoms with Gasteiger partial charge in [-0.2, -0.15) is 0 Å². The number of rotatable bonds is 0. The summed E-state index contributed by atoms with van der Waals surface area (Å²) in [7, 11) is 0. The summed E-state index contributed by atoms with van der Waals surface area (Å²) in [6.45, 7) is 0. The van der Waals surface area contributed by atoms with Crippen LogP contribution in [-0.4, -0.2) is 16.6 Å². The average molecular weight is 260 g/mol. The van der Waals surface area contributed by atoms with Gasteiger partial charge in [0.15, 0.2) is 0 Å². The number of hydrogen-bond donors (Lipinski definition) is 4. The maximum absolute atomic E-state index is 8.82. The zero-order valence-electron chi connectivity index (χ0n) is 6.24. The molecule has 0 spiro atoms. The molecule has 0 atom stereocenters. The SMILES string of the molecule is [H-].[Na+].[O]=[Cr](=[O])([OH])[OH].[O]=[Cr](=[O])([OH])[OH]. The van der Waals surface area contributed by atoms with E-state index in [1.807, 2.05) is 0 Å². The maximum atomic E-state index is 8.82. The van der Waals surface area contributed by atoms with Crippen LogP contribution in [-0.2, 0) is 42.4 Å². The van der Waals surface area contributed by atoms with Crippen LogP contribution >= 0.6 is 0 Å². The van der Waals surface area contributed by atoms with E-state index in [0.29, 0.717) is 0 Å². The van der Waals surface area contributed by atoms with Gasteiger partial charge in [-0.3, -0.25) is 0 Å². The molecule has 0 heterocycles. The third kappa shape index (κ3) is 754. The first-order valence-corrected chi connectivity index (χ1v) is 5.76. The van der Waals surface area contributed by atoms with E-state index in [9.17, 15) is 0 Å². The summed E-state index contributed by atoms with van der Waals surface area (Å²) in [5, 5.41) is 0. The molecule has 0 aliphatic rings. The first-order valence-electron chi connectivity index (χ1n) is 1.40. The van der Waals surface area contributed by atoms with Gasteiger partial charge in [-0.1, -0.05) is 0 Å². The van der Waals surface area contributed by atoms with Crippen LogP contribution in [0.5, 0.6) is 0 Å². The fourth-order valence-corrected chi connectivity index (χ4v) is 0. The van der Waals surface area contributed by atoms with E-state index >= 15 is 0 Å². The van der Waals surface area contributed by atoms with Gasteiger partial charge in [0.25, 0.3) is 0 Å². The molecule has 0 rings (SSSR count). The van der Waals surface area contributed by atoms with Gasteiger partial charge in [0.05, 0.1) is 0 Å². The van der Waals surface area contributed by atoms with Crippen molar-refractivity contribution in [2.45, 2.75) is 0 Å². The minimum absolute atomic E-state index is 0. The molecule has 4 N–H and O–H groups in total. The Kier molecular flexibility index (Phi) is 10.8. The Hall–Kier alpha value is 1.10. The van der Waals surface area contributed by atoms with Crippen molar-refractivity contribution in [3.63, 3.8) is 0 Å². The van der Waals surface area contributed by atoms with Crippen LogP contribution in [0.3, 0.4) is 0 Å². The third-order valence-corrected chi connectivity index (χ3v) is 0. The Morgan fingerprint density at radius 3 is 0.727 bits per heavy atom. The fraction of sp³-hybridized carbons (Fsp3) is 0. The van der Waals surface area contributed by atoms with Gasteiger partial charge in [-0.05, 0) is 0 Å². The van der Waals surface area contributed by atoms with Crippen LogP contribution in [0.15, 0.2) is 0 Å². The molecule has 0 aliphatic heterocycles. The molecule has 0 radical (unpaired) electrons. The van der Waals surface area contributed by atoms with Crippen LogP contribution < -0.4 is 29.6 Å². The van der Waals surface area contributed by atoms with Gasteiger partial charge < -0.3 is 1.43 Å². The predicted octanol–water partition coefficient (Wildman–Crippen LogP) is -5.59. The van der Waals surface area contributed by atoms with Crippen LogP contribution in [0.2, 0.25) is 0 Å². The molecule has 11 heavy (non-hydrogen) atoms. The van der Waals surface area contributed by atoms with E-state index < -0.39 is 27.2 Å². The molecule has 0 aromatic rings. The Morgan fingerprint density at radius 1 is 0.727 bits per heavy atom. The van der Waals surface area contributed by atoms with Crippen molar-refractivity contribution in [3.8, 4) is 0 Å². The number of hydrogen-bond acceptors (Lipinski definition) is 4. The Bertz CT molecular complexity index is 213. The van der Waals surface area contributed by atoms with Crippen molar-refractivity contribution in [1.82, 2.24) is 0 Å². The molecular formula is H5Cr2NaO8. The topological polar surface area (TPSA) is 149 Å². The second-order valence-electron chi connectivity index (χ2n) is 0.896. The molecule has 66 valence electrons. The van der Waals surface area contributed by atoms with Gasteiger partial charge >= 0.3 is 88.6 Å². The van der Waals surface area contributed by atoms with Crippen molar-refractivity contribution in [2.75, 3.05) is 0 Å².